The van der Waals surface area contributed by atoms with Crippen LogP contribution >= 0.6 is 0 Å². The minimum absolute atomic E-state index is 0.0621. The van der Waals surface area contributed by atoms with Gasteiger partial charge in [-0.05, 0) is 24.6 Å². The van der Waals surface area contributed by atoms with Crippen LogP contribution < -0.4 is 4.74 Å². The lowest BCUT2D eigenvalue weighted by Crippen LogP contribution is -2.41. The summed E-state index contributed by atoms with van der Waals surface area (Å²) in [6.45, 7) is 6.26. The van der Waals surface area contributed by atoms with E-state index in [4.69, 9.17) is 9.47 Å². The van der Waals surface area contributed by atoms with Crippen molar-refractivity contribution in [3.63, 3.8) is 0 Å². The van der Waals surface area contributed by atoms with E-state index in [0.717, 1.165) is 11.3 Å². The first-order valence-electron chi connectivity index (χ1n) is 7.03. The summed E-state index contributed by atoms with van der Waals surface area (Å²) in [5, 5.41) is 20.7. The summed E-state index contributed by atoms with van der Waals surface area (Å²) in [4.78, 5) is 0. The van der Waals surface area contributed by atoms with E-state index in [1.807, 2.05) is 45.0 Å². The fourth-order valence-corrected chi connectivity index (χ4v) is 2.59. The monoisotopic (exact) mass is 280 g/mol. The lowest BCUT2D eigenvalue weighted by atomic mass is 9.82. The quantitative estimate of drug-likeness (QED) is 0.782. The van der Waals surface area contributed by atoms with Gasteiger partial charge in [0.1, 0.15) is 11.4 Å². The molecule has 20 heavy (non-hydrogen) atoms. The summed E-state index contributed by atoms with van der Waals surface area (Å²) in [7, 11) is 1.63. The number of rotatable bonds is 6. The molecule has 4 nitrogen and oxygen atoms in total. The molecule has 0 saturated carbocycles. The van der Waals surface area contributed by atoms with E-state index < -0.39 is 17.8 Å². The maximum Gasteiger partial charge on any atom is 0.118 e. The zero-order valence-electron chi connectivity index (χ0n) is 12.5. The highest BCUT2D eigenvalue weighted by molar-refractivity contribution is 5.29. The number of hydrogen-bond donors (Lipinski definition) is 2. The Morgan fingerprint density at radius 2 is 1.75 bits per heavy atom. The van der Waals surface area contributed by atoms with E-state index >= 15 is 0 Å². The lowest BCUT2D eigenvalue weighted by Gasteiger charge is -2.30. The molecule has 0 aromatic heterocycles. The highest BCUT2D eigenvalue weighted by atomic mass is 16.6. The molecule has 1 aromatic carbocycles. The van der Waals surface area contributed by atoms with E-state index in [2.05, 4.69) is 0 Å². The molecule has 1 aliphatic heterocycles. The van der Waals surface area contributed by atoms with Crippen molar-refractivity contribution in [2.24, 2.45) is 5.92 Å². The van der Waals surface area contributed by atoms with Crippen LogP contribution in [-0.4, -0.2) is 41.7 Å². The van der Waals surface area contributed by atoms with E-state index in [0.29, 0.717) is 6.61 Å². The van der Waals surface area contributed by atoms with Crippen molar-refractivity contribution < 1.29 is 19.7 Å². The molecule has 0 aliphatic carbocycles. The van der Waals surface area contributed by atoms with Gasteiger partial charge < -0.3 is 19.7 Å². The summed E-state index contributed by atoms with van der Waals surface area (Å²) in [5.74, 6) is 0.481. The first kappa shape index (κ1) is 15.3. The topological polar surface area (TPSA) is 62.2 Å². The van der Waals surface area contributed by atoms with Gasteiger partial charge in [0.05, 0.1) is 25.9 Å². The summed E-state index contributed by atoms with van der Waals surface area (Å²) in [6.07, 6.45) is -1.28. The number of hydrogen-bond acceptors (Lipinski definition) is 4. The van der Waals surface area contributed by atoms with Crippen molar-refractivity contribution in [3.05, 3.63) is 29.8 Å². The predicted octanol–water partition coefficient (Wildman–Crippen LogP) is 1.95. The van der Waals surface area contributed by atoms with Crippen LogP contribution in [0.5, 0.6) is 5.75 Å². The van der Waals surface area contributed by atoms with Crippen LogP contribution in [0.3, 0.4) is 0 Å². The molecular weight excluding hydrogens is 256 g/mol. The van der Waals surface area contributed by atoms with Crippen molar-refractivity contribution in [1.82, 2.24) is 0 Å². The van der Waals surface area contributed by atoms with Gasteiger partial charge in [0, 0.05) is 11.8 Å². The number of ether oxygens (including phenoxy) is 2. The van der Waals surface area contributed by atoms with E-state index in [9.17, 15) is 10.2 Å². The summed E-state index contributed by atoms with van der Waals surface area (Å²) < 4.78 is 10.4. The van der Waals surface area contributed by atoms with Crippen molar-refractivity contribution in [2.75, 3.05) is 13.7 Å². The molecule has 4 heteroatoms. The van der Waals surface area contributed by atoms with E-state index in [1.54, 1.807) is 7.11 Å². The normalized spacial score (nSPS) is 27.5. The number of methoxy groups -OCH3 is 1. The minimum atomic E-state index is -0.654. The third-order valence-electron chi connectivity index (χ3n) is 4.42. The molecule has 1 heterocycles. The lowest BCUT2D eigenvalue weighted by molar-refractivity contribution is -0.0259. The van der Waals surface area contributed by atoms with Crippen LogP contribution in [-0.2, 0) is 4.74 Å². The molecule has 0 unspecified atom stereocenters. The second-order valence-electron chi connectivity index (χ2n) is 5.96. The Labute approximate surface area is 120 Å². The zero-order valence-corrected chi connectivity index (χ0v) is 12.5. The van der Waals surface area contributed by atoms with Gasteiger partial charge in [-0.3, -0.25) is 0 Å². The zero-order chi connectivity index (χ0) is 14.9. The maximum atomic E-state index is 10.5. The minimum Gasteiger partial charge on any atom is -0.497 e. The molecule has 1 aliphatic rings. The molecule has 2 rings (SSSR count). The maximum absolute atomic E-state index is 10.5. The molecule has 0 bridgehead atoms. The van der Waals surface area contributed by atoms with Crippen LogP contribution in [0, 0.1) is 5.92 Å². The summed E-state index contributed by atoms with van der Waals surface area (Å²) in [5.41, 5.74) is 0.541. The predicted molar refractivity (Wildman–Crippen MR) is 76.9 cm³/mol. The van der Waals surface area contributed by atoms with Gasteiger partial charge in [-0.2, -0.15) is 0 Å². The molecule has 5 atom stereocenters. The Balaban J connectivity index is 2.04. The van der Waals surface area contributed by atoms with Crippen LogP contribution in [0.1, 0.15) is 32.3 Å². The van der Waals surface area contributed by atoms with Gasteiger partial charge in [-0.15, -0.1) is 0 Å². The van der Waals surface area contributed by atoms with Crippen LogP contribution in [0.2, 0.25) is 0 Å². The van der Waals surface area contributed by atoms with Gasteiger partial charge in [0.15, 0.2) is 0 Å². The molecule has 1 saturated heterocycles. The first-order valence-corrected chi connectivity index (χ1v) is 7.03. The van der Waals surface area contributed by atoms with Gasteiger partial charge in [0.2, 0.25) is 0 Å². The Kier molecular flexibility index (Phi) is 4.37. The van der Waals surface area contributed by atoms with Crippen LogP contribution in [0.25, 0.3) is 0 Å². The second-order valence-corrected chi connectivity index (χ2v) is 5.96. The van der Waals surface area contributed by atoms with E-state index in [1.165, 1.54) is 0 Å². The highest BCUT2D eigenvalue weighted by Gasteiger charge is 2.50. The summed E-state index contributed by atoms with van der Waals surface area (Å²) >= 11 is 0. The van der Waals surface area contributed by atoms with Crippen molar-refractivity contribution in [1.29, 1.82) is 0 Å². The molecule has 1 fully saturated rings. The highest BCUT2D eigenvalue weighted by Crippen LogP contribution is 2.37. The Hall–Kier alpha value is -1.10. The van der Waals surface area contributed by atoms with Crippen molar-refractivity contribution >= 4 is 0 Å². The molecule has 2 N–H and O–H groups in total. The van der Waals surface area contributed by atoms with Gasteiger partial charge in [-0.25, -0.2) is 0 Å². The standard InChI is InChI=1S/C16H24O4/c1-10(12-5-7-13(19-4)8-6-12)14(17)11(2)15(18)16(3)9-20-16/h5-8,10-11,14-15,17-18H,9H2,1-4H3/t10-,11-,14+,15+,16-/m0/s1. The molecule has 0 amide bonds. The fourth-order valence-electron chi connectivity index (χ4n) is 2.59. The average molecular weight is 280 g/mol. The number of aliphatic hydroxyl groups is 2. The smallest absolute Gasteiger partial charge is 0.118 e. The van der Waals surface area contributed by atoms with Gasteiger partial charge in [-0.1, -0.05) is 26.0 Å². The summed E-state index contributed by atoms with van der Waals surface area (Å²) in [6, 6.07) is 7.65. The molecule has 112 valence electrons. The van der Waals surface area contributed by atoms with Gasteiger partial charge in [0.25, 0.3) is 0 Å². The number of aliphatic hydroxyl groups excluding tert-OH is 2. The Morgan fingerprint density at radius 1 is 1.20 bits per heavy atom. The Morgan fingerprint density at radius 3 is 2.20 bits per heavy atom. The molecule has 1 aromatic rings. The molecule has 0 radical (unpaired) electrons. The third kappa shape index (κ3) is 2.97. The number of benzene rings is 1. The van der Waals surface area contributed by atoms with Crippen LogP contribution in [0.15, 0.2) is 24.3 Å². The van der Waals surface area contributed by atoms with Crippen molar-refractivity contribution in [3.8, 4) is 5.75 Å². The molecule has 0 spiro atoms. The third-order valence-corrected chi connectivity index (χ3v) is 4.42. The van der Waals surface area contributed by atoms with Crippen molar-refractivity contribution in [2.45, 2.75) is 44.5 Å². The second kappa shape index (κ2) is 5.72. The van der Waals surface area contributed by atoms with E-state index in [-0.39, 0.29) is 11.8 Å². The van der Waals surface area contributed by atoms with Crippen LogP contribution in [0.4, 0.5) is 0 Å². The SMILES string of the molecule is COc1ccc([C@H](C)[C@@H](O)[C@H](C)[C@@H](O)[C@]2(C)CO2)cc1. The first-order chi connectivity index (χ1) is 9.39. The Bertz CT molecular complexity index is 438. The fraction of sp³-hybridized carbons (Fsp3) is 0.625. The largest absolute Gasteiger partial charge is 0.497 e. The van der Waals surface area contributed by atoms with Gasteiger partial charge >= 0.3 is 0 Å². The number of epoxide rings is 1. The average Bonchev–Trinajstić information content (AvgIpc) is 3.23. The molecular formula is C16H24O4.